The Kier molecular flexibility index (Phi) is 5.60. The molecule has 0 aliphatic carbocycles. The van der Waals surface area contributed by atoms with Crippen LogP contribution in [0.4, 0.5) is 0 Å². The summed E-state index contributed by atoms with van der Waals surface area (Å²) in [7, 11) is 0. The van der Waals surface area contributed by atoms with Gasteiger partial charge in [-0.15, -0.1) is 0 Å². The van der Waals surface area contributed by atoms with Crippen molar-refractivity contribution >= 4 is 0 Å². The van der Waals surface area contributed by atoms with Gasteiger partial charge < -0.3 is 55.4 Å². The minimum Gasteiger partial charge on any atom is -0.394 e. The van der Waals surface area contributed by atoms with Crippen LogP contribution in [0, 0.1) is 0 Å². The summed E-state index contributed by atoms with van der Waals surface area (Å²) in [5.41, 5.74) is 0. The van der Waals surface area contributed by atoms with Gasteiger partial charge in [0.1, 0.15) is 54.9 Å². The van der Waals surface area contributed by atoms with Crippen LogP contribution in [0.25, 0.3) is 0 Å². The number of rotatable bonds is 4. The van der Waals surface area contributed by atoms with E-state index >= 15 is 0 Å². The first kappa shape index (κ1) is 18.9. The highest BCUT2D eigenvalue weighted by Gasteiger charge is 2.61. The third-order valence-corrected chi connectivity index (χ3v) is 4.31. The standard InChI is InChI=1S/C12H22O11/c13-1-3-5(15)7(17)8(18)9(22-3)11(20)12(21)10(19)6(16)4(2-14)23-12/h3-11,13-21H,1-2H2/t3-,4+,5-,6+,7+,8-,9+,10-,11?,12-/m0/s1. The number of hydrogen-bond acceptors (Lipinski definition) is 11. The Labute approximate surface area is 130 Å². The Bertz CT molecular complexity index is 406. The summed E-state index contributed by atoms with van der Waals surface area (Å²) in [6.45, 7) is -1.51. The minimum atomic E-state index is -2.81. The van der Waals surface area contributed by atoms with Gasteiger partial charge in [0.25, 0.3) is 0 Å². The van der Waals surface area contributed by atoms with Crippen molar-refractivity contribution in [2.75, 3.05) is 13.2 Å². The highest BCUT2D eigenvalue weighted by molar-refractivity contribution is 5.05. The predicted octanol–water partition coefficient (Wildman–Crippen LogP) is -6.01. The molecular weight excluding hydrogens is 320 g/mol. The van der Waals surface area contributed by atoms with Gasteiger partial charge >= 0.3 is 0 Å². The van der Waals surface area contributed by atoms with Crippen LogP contribution in [-0.4, -0.2) is 120 Å². The first-order valence-corrected chi connectivity index (χ1v) is 7.04. The summed E-state index contributed by atoms with van der Waals surface area (Å²) in [5, 5.41) is 87.4. The van der Waals surface area contributed by atoms with Crippen molar-refractivity contribution in [2.45, 2.75) is 60.7 Å². The zero-order valence-electron chi connectivity index (χ0n) is 12.0. The first-order valence-electron chi connectivity index (χ1n) is 7.04. The summed E-state index contributed by atoms with van der Waals surface area (Å²) in [4.78, 5) is 0. The second-order valence-electron chi connectivity index (χ2n) is 5.76. The molecule has 2 fully saturated rings. The molecule has 10 atom stereocenters. The Balaban J connectivity index is 2.23. The molecule has 0 spiro atoms. The van der Waals surface area contributed by atoms with E-state index in [9.17, 15) is 35.7 Å². The number of aliphatic hydroxyl groups is 9. The van der Waals surface area contributed by atoms with Crippen LogP contribution < -0.4 is 0 Å². The average Bonchev–Trinajstić information content (AvgIpc) is 2.77. The molecule has 1 unspecified atom stereocenters. The van der Waals surface area contributed by atoms with Crippen molar-refractivity contribution in [1.82, 2.24) is 0 Å². The maximum atomic E-state index is 10.3. The summed E-state index contributed by atoms with van der Waals surface area (Å²) >= 11 is 0. The van der Waals surface area contributed by atoms with Crippen LogP contribution in [0.1, 0.15) is 0 Å². The number of hydrogen-bond donors (Lipinski definition) is 9. The monoisotopic (exact) mass is 342 g/mol. The molecule has 0 aromatic carbocycles. The third kappa shape index (κ3) is 2.99. The molecule has 2 rings (SSSR count). The van der Waals surface area contributed by atoms with Crippen LogP contribution in [0.2, 0.25) is 0 Å². The van der Waals surface area contributed by atoms with Gasteiger partial charge in [-0.1, -0.05) is 0 Å². The largest absolute Gasteiger partial charge is 0.394 e. The lowest BCUT2D eigenvalue weighted by Gasteiger charge is -2.45. The predicted molar refractivity (Wildman–Crippen MR) is 68.7 cm³/mol. The van der Waals surface area contributed by atoms with Gasteiger partial charge in [0.2, 0.25) is 5.79 Å². The van der Waals surface area contributed by atoms with Gasteiger partial charge in [-0.25, -0.2) is 0 Å². The van der Waals surface area contributed by atoms with Gasteiger partial charge in [-0.3, -0.25) is 0 Å². The normalized spacial score (nSPS) is 52.6. The van der Waals surface area contributed by atoms with Crippen LogP contribution >= 0.6 is 0 Å². The summed E-state index contributed by atoms with van der Waals surface area (Å²) < 4.78 is 9.94. The van der Waals surface area contributed by atoms with E-state index in [4.69, 9.17) is 19.7 Å². The molecule has 136 valence electrons. The van der Waals surface area contributed by atoms with E-state index in [2.05, 4.69) is 0 Å². The minimum absolute atomic E-state index is 0.752. The zero-order valence-corrected chi connectivity index (χ0v) is 12.0. The van der Waals surface area contributed by atoms with E-state index in [1.54, 1.807) is 0 Å². The first-order chi connectivity index (χ1) is 10.7. The third-order valence-electron chi connectivity index (χ3n) is 4.31. The maximum absolute atomic E-state index is 10.3. The van der Waals surface area contributed by atoms with Crippen LogP contribution in [0.3, 0.4) is 0 Å². The van der Waals surface area contributed by atoms with E-state index in [0.717, 1.165) is 0 Å². The lowest BCUT2D eigenvalue weighted by atomic mass is 9.87. The second kappa shape index (κ2) is 6.82. The number of aliphatic hydroxyl groups excluding tert-OH is 8. The Morgan fingerprint density at radius 3 is 1.87 bits per heavy atom. The fraction of sp³-hybridized carbons (Fsp3) is 1.00. The molecule has 11 heteroatoms. The Morgan fingerprint density at radius 1 is 0.826 bits per heavy atom. The molecule has 0 aromatic rings. The van der Waals surface area contributed by atoms with Gasteiger partial charge in [0.15, 0.2) is 0 Å². The lowest BCUT2D eigenvalue weighted by molar-refractivity contribution is -0.328. The smallest absolute Gasteiger partial charge is 0.224 e. The molecular formula is C12H22O11. The van der Waals surface area contributed by atoms with Gasteiger partial charge in [-0.05, 0) is 0 Å². The molecule has 0 amide bonds. The second-order valence-corrected chi connectivity index (χ2v) is 5.76. The Morgan fingerprint density at radius 2 is 1.39 bits per heavy atom. The van der Waals surface area contributed by atoms with Crippen LogP contribution in [0.5, 0.6) is 0 Å². The van der Waals surface area contributed by atoms with E-state index in [-0.39, 0.29) is 0 Å². The maximum Gasteiger partial charge on any atom is 0.224 e. The highest BCUT2D eigenvalue weighted by atomic mass is 16.7. The molecule has 2 saturated heterocycles. The van der Waals surface area contributed by atoms with Gasteiger partial charge in [0, 0.05) is 0 Å². The van der Waals surface area contributed by atoms with Crippen molar-refractivity contribution in [2.24, 2.45) is 0 Å². The fourth-order valence-corrected chi connectivity index (χ4v) is 2.85. The van der Waals surface area contributed by atoms with Crippen molar-refractivity contribution in [3.05, 3.63) is 0 Å². The molecule has 0 bridgehead atoms. The Hall–Kier alpha value is -0.440. The SMILES string of the molecule is OC[C@@H]1O[C@@H](C(O)[C@@]2(O)O[C@H](CO)[C@@H](O)[C@@H]2O)[C@@H](O)[C@H](O)[C@H]1O. The summed E-state index contributed by atoms with van der Waals surface area (Å²) in [6, 6.07) is 0. The molecule has 23 heavy (non-hydrogen) atoms. The van der Waals surface area contributed by atoms with Gasteiger partial charge in [-0.2, -0.15) is 0 Å². The van der Waals surface area contributed by atoms with Crippen molar-refractivity contribution in [3.63, 3.8) is 0 Å². The van der Waals surface area contributed by atoms with E-state index < -0.39 is 73.9 Å². The van der Waals surface area contributed by atoms with Crippen molar-refractivity contribution in [3.8, 4) is 0 Å². The molecule has 9 N–H and O–H groups in total. The topological polar surface area (TPSA) is 201 Å². The molecule has 0 saturated carbocycles. The molecule has 2 heterocycles. The molecule has 0 radical (unpaired) electrons. The molecule has 0 aromatic heterocycles. The van der Waals surface area contributed by atoms with Crippen molar-refractivity contribution in [1.29, 1.82) is 0 Å². The van der Waals surface area contributed by atoms with E-state index in [0.29, 0.717) is 0 Å². The van der Waals surface area contributed by atoms with E-state index in [1.165, 1.54) is 0 Å². The average molecular weight is 342 g/mol. The highest BCUT2D eigenvalue weighted by Crippen LogP contribution is 2.36. The van der Waals surface area contributed by atoms with Crippen molar-refractivity contribution < 1.29 is 55.4 Å². The van der Waals surface area contributed by atoms with Gasteiger partial charge in [0.05, 0.1) is 13.2 Å². The summed E-state index contributed by atoms with van der Waals surface area (Å²) in [5.74, 6) is -2.81. The lowest BCUT2D eigenvalue weighted by Crippen LogP contribution is -2.67. The molecule has 11 nitrogen and oxygen atoms in total. The zero-order chi connectivity index (χ0) is 17.5. The fourth-order valence-electron chi connectivity index (χ4n) is 2.85. The number of ether oxygens (including phenoxy) is 2. The van der Waals surface area contributed by atoms with E-state index in [1.807, 2.05) is 0 Å². The quantitative estimate of drug-likeness (QED) is 0.235. The molecule has 2 aliphatic rings. The summed E-state index contributed by atoms with van der Waals surface area (Å²) in [6.07, 6.45) is -15.8. The van der Waals surface area contributed by atoms with Crippen LogP contribution in [0.15, 0.2) is 0 Å². The van der Waals surface area contributed by atoms with Crippen LogP contribution in [-0.2, 0) is 9.47 Å². The molecule has 2 aliphatic heterocycles.